The van der Waals surface area contributed by atoms with Crippen molar-refractivity contribution in [2.75, 3.05) is 6.54 Å². The minimum absolute atomic E-state index is 0. The van der Waals surface area contributed by atoms with Crippen LogP contribution >= 0.6 is 23.7 Å². The minimum atomic E-state index is -0.0129. The zero-order chi connectivity index (χ0) is 11.3. The van der Waals surface area contributed by atoms with Gasteiger partial charge in [-0.25, -0.2) is 0 Å². The Morgan fingerprint density at radius 2 is 2.25 bits per heavy atom. The fourth-order valence-electron chi connectivity index (χ4n) is 1.45. The zero-order valence-corrected chi connectivity index (χ0v) is 11.2. The van der Waals surface area contributed by atoms with E-state index >= 15 is 0 Å². The van der Waals surface area contributed by atoms with Crippen molar-refractivity contribution in [3.63, 3.8) is 0 Å². The molecule has 0 saturated heterocycles. The summed E-state index contributed by atoms with van der Waals surface area (Å²) in [5.74, 6) is 0.531. The van der Waals surface area contributed by atoms with Gasteiger partial charge in [0.25, 0.3) is 5.91 Å². The van der Waals surface area contributed by atoms with Gasteiger partial charge in [-0.2, -0.15) is 0 Å². The molecule has 1 atom stereocenters. The summed E-state index contributed by atoms with van der Waals surface area (Å²) in [5, 5.41) is 4.84. The Labute approximate surface area is 107 Å². The molecule has 92 valence electrons. The largest absolute Gasteiger partial charge is 0.347 e. The van der Waals surface area contributed by atoms with E-state index in [0.717, 1.165) is 11.3 Å². The Morgan fingerprint density at radius 1 is 1.56 bits per heavy atom. The number of nitrogens with one attached hydrogen (secondary N) is 1. The monoisotopic (exact) mass is 262 g/mol. The van der Waals surface area contributed by atoms with Crippen LogP contribution in [0.15, 0.2) is 17.5 Å². The number of hydrogen-bond donors (Lipinski definition) is 2. The molecule has 3 nitrogen and oxygen atoms in total. The molecule has 3 N–H and O–H groups in total. The SMILES string of the molecule is CC(C)CC(CN)NC(=O)c1cccs1.Cl. The molecular formula is C11H19ClN2OS. The number of carbonyl (C=O) groups excluding carboxylic acids is 1. The van der Waals surface area contributed by atoms with Crippen LogP contribution in [0.4, 0.5) is 0 Å². The molecule has 1 rings (SSSR count). The van der Waals surface area contributed by atoms with Crippen LogP contribution in [0.3, 0.4) is 0 Å². The van der Waals surface area contributed by atoms with Gasteiger partial charge in [-0.3, -0.25) is 4.79 Å². The second-order valence-corrected chi connectivity index (χ2v) is 4.96. The Bertz CT molecular complexity index is 301. The summed E-state index contributed by atoms with van der Waals surface area (Å²) in [7, 11) is 0. The Hall–Kier alpha value is -0.580. The molecule has 1 unspecified atom stereocenters. The molecule has 16 heavy (non-hydrogen) atoms. The predicted molar refractivity (Wildman–Crippen MR) is 71.3 cm³/mol. The molecule has 0 aliphatic rings. The number of thiophene rings is 1. The highest BCUT2D eigenvalue weighted by Gasteiger charge is 2.13. The van der Waals surface area contributed by atoms with Crippen molar-refractivity contribution in [3.8, 4) is 0 Å². The first kappa shape index (κ1) is 15.4. The van der Waals surface area contributed by atoms with Gasteiger partial charge in [-0.1, -0.05) is 19.9 Å². The molecule has 0 radical (unpaired) electrons. The maximum Gasteiger partial charge on any atom is 0.261 e. The van der Waals surface area contributed by atoms with Gasteiger partial charge in [0.2, 0.25) is 0 Å². The predicted octanol–water partition coefficient (Wildman–Crippen LogP) is 2.27. The van der Waals surface area contributed by atoms with Crippen LogP contribution in [0.2, 0.25) is 0 Å². The first-order valence-corrected chi connectivity index (χ1v) is 6.06. The lowest BCUT2D eigenvalue weighted by Crippen LogP contribution is -2.40. The average molecular weight is 263 g/mol. The zero-order valence-electron chi connectivity index (χ0n) is 9.60. The van der Waals surface area contributed by atoms with E-state index in [2.05, 4.69) is 19.2 Å². The van der Waals surface area contributed by atoms with Gasteiger partial charge >= 0.3 is 0 Å². The van der Waals surface area contributed by atoms with E-state index in [1.54, 1.807) is 0 Å². The lowest BCUT2D eigenvalue weighted by atomic mass is 10.0. The first-order chi connectivity index (χ1) is 7.13. The van der Waals surface area contributed by atoms with Gasteiger partial charge in [-0.15, -0.1) is 23.7 Å². The van der Waals surface area contributed by atoms with E-state index in [9.17, 15) is 4.79 Å². The highest BCUT2D eigenvalue weighted by Crippen LogP contribution is 2.10. The second-order valence-electron chi connectivity index (χ2n) is 4.01. The van der Waals surface area contributed by atoms with Crippen LogP contribution in [-0.4, -0.2) is 18.5 Å². The summed E-state index contributed by atoms with van der Waals surface area (Å²) in [5.41, 5.74) is 5.61. The molecule has 0 bridgehead atoms. The van der Waals surface area contributed by atoms with E-state index < -0.39 is 0 Å². The number of amides is 1. The molecule has 1 heterocycles. The number of nitrogens with two attached hydrogens (primary N) is 1. The first-order valence-electron chi connectivity index (χ1n) is 5.18. The van der Waals surface area contributed by atoms with Crippen LogP contribution in [0, 0.1) is 5.92 Å². The molecule has 1 aromatic heterocycles. The third-order valence-electron chi connectivity index (χ3n) is 2.12. The van der Waals surface area contributed by atoms with Crippen molar-refractivity contribution in [2.24, 2.45) is 11.7 Å². The van der Waals surface area contributed by atoms with E-state index in [0.29, 0.717) is 12.5 Å². The van der Waals surface area contributed by atoms with Crippen LogP contribution in [0.25, 0.3) is 0 Å². The molecule has 0 saturated carbocycles. The van der Waals surface area contributed by atoms with Crippen LogP contribution in [0.5, 0.6) is 0 Å². The molecule has 1 amide bonds. The summed E-state index contributed by atoms with van der Waals surface area (Å²) in [6, 6.07) is 3.78. The van der Waals surface area contributed by atoms with Crippen LogP contribution < -0.4 is 11.1 Å². The molecule has 0 aromatic carbocycles. The lowest BCUT2D eigenvalue weighted by Gasteiger charge is -2.18. The van der Waals surface area contributed by atoms with Crippen molar-refractivity contribution >= 4 is 29.7 Å². The van der Waals surface area contributed by atoms with Gasteiger partial charge in [-0.05, 0) is 23.8 Å². The van der Waals surface area contributed by atoms with Crippen molar-refractivity contribution in [1.29, 1.82) is 0 Å². The van der Waals surface area contributed by atoms with Gasteiger partial charge in [0.15, 0.2) is 0 Å². The summed E-state index contributed by atoms with van der Waals surface area (Å²) >= 11 is 1.45. The number of halogens is 1. The Balaban J connectivity index is 0.00000225. The summed E-state index contributed by atoms with van der Waals surface area (Å²) in [6.45, 7) is 4.75. The fraction of sp³-hybridized carbons (Fsp3) is 0.545. The maximum absolute atomic E-state index is 11.7. The minimum Gasteiger partial charge on any atom is -0.347 e. The fourth-order valence-corrected chi connectivity index (χ4v) is 2.07. The maximum atomic E-state index is 11.7. The van der Waals surface area contributed by atoms with Crippen LogP contribution in [-0.2, 0) is 0 Å². The third kappa shape index (κ3) is 4.96. The number of hydrogen-bond acceptors (Lipinski definition) is 3. The Morgan fingerprint density at radius 3 is 2.69 bits per heavy atom. The van der Waals surface area contributed by atoms with Crippen molar-refractivity contribution < 1.29 is 4.79 Å². The smallest absolute Gasteiger partial charge is 0.261 e. The van der Waals surface area contributed by atoms with Gasteiger partial charge < -0.3 is 11.1 Å². The summed E-state index contributed by atoms with van der Waals surface area (Å²) in [6.07, 6.45) is 0.924. The van der Waals surface area contributed by atoms with E-state index in [1.165, 1.54) is 11.3 Å². The second kappa shape index (κ2) is 7.65. The van der Waals surface area contributed by atoms with Crippen molar-refractivity contribution in [1.82, 2.24) is 5.32 Å². The summed E-state index contributed by atoms with van der Waals surface area (Å²) in [4.78, 5) is 12.4. The van der Waals surface area contributed by atoms with Gasteiger partial charge in [0, 0.05) is 12.6 Å². The van der Waals surface area contributed by atoms with Crippen molar-refractivity contribution in [3.05, 3.63) is 22.4 Å². The Kier molecular flexibility index (Phi) is 7.38. The molecule has 1 aromatic rings. The average Bonchev–Trinajstić information content (AvgIpc) is 2.68. The molecule has 0 aliphatic carbocycles. The molecule has 5 heteroatoms. The molecular weight excluding hydrogens is 244 g/mol. The molecule has 0 spiro atoms. The van der Waals surface area contributed by atoms with Crippen LogP contribution in [0.1, 0.15) is 29.9 Å². The lowest BCUT2D eigenvalue weighted by molar-refractivity contribution is 0.0938. The molecule has 0 fully saturated rings. The highest BCUT2D eigenvalue weighted by atomic mass is 35.5. The molecule has 0 aliphatic heterocycles. The quantitative estimate of drug-likeness (QED) is 0.855. The standard InChI is InChI=1S/C11H18N2OS.ClH/c1-8(2)6-9(7-12)13-11(14)10-4-3-5-15-10;/h3-5,8-9H,6-7,12H2,1-2H3,(H,13,14);1H. The number of rotatable bonds is 5. The third-order valence-corrected chi connectivity index (χ3v) is 2.99. The van der Waals surface area contributed by atoms with Crippen molar-refractivity contribution in [2.45, 2.75) is 26.3 Å². The normalized spacial score (nSPS) is 12.0. The topological polar surface area (TPSA) is 55.1 Å². The van der Waals surface area contributed by atoms with Gasteiger partial charge in [0.05, 0.1) is 4.88 Å². The number of carbonyl (C=O) groups is 1. The highest BCUT2D eigenvalue weighted by molar-refractivity contribution is 7.12. The van der Waals surface area contributed by atoms with Gasteiger partial charge in [0.1, 0.15) is 0 Å². The van der Waals surface area contributed by atoms with E-state index in [1.807, 2.05) is 17.5 Å². The van der Waals surface area contributed by atoms with E-state index in [-0.39, 0.29) is 24.4 Å². The summed E-state index contributed by atoms with van der Waals surface area (Å²) < 4.78 is 0. The van der Waals surface area contributed by atoms with E-state index in [4.69, 9.17) is 5.73 Å².